The van der Waals surface area contributed by atoms with E-state index in [1.54, 1.807) is 6.07 Å². The molecule has 0 radical (unpaired) electrons. The maximum absolute atomic E-state index is 13.1. The second kappa shape index (κ2) is 7.37. The number of hydrogen-bond acceptors (Lipinski definition) is 3. The normalized spacial score (nSPS) is 14.6. The lowest BCUT2D eigenvalue weighted by Crippen LogP contribution is -2.35. The van der Waals surface area contributed by atoms with Gasteiger partial charge in [0.2, 0.25) is 0 Å². The lowest BCUT2D eigenvalue weighted by atomic mass is 10.0. The quantitative estimate of drug-likeness (QED) is 0.678. The fourth-order valence-electron chi connectivity index (χ4n) is 1.85. The predicted octanol–water partition coefficient (Wildman–Crippen LogP) is 1.58. The van der Waals surface area contributed by atoms with E-state index in [1.165, 1.54) is 12.1 Å². The molecule has 96 valence electrons. The van der Waals surface area contributed by atoms with Gasteiger partial charge in [-0.25, -0.2) is 4.39 Å². The molecule has 0 bridgehead atoms. The molecule has 4 heteroatoms. The molecule has 1 rings (SSSR count). The fourth-order valence-corrected chi connectivity index (χ4v) is 1.85. The number of nitrogens with two attached hydrogens (primary N) is 1. The number of aliphatic hydroxyl groups excluding tert-OH is 1. The molecule has 4 N–H and O–H groups in total. The van der Waals surface area contributed by atoms with Crippen LogP contribution in [0.2, 0.25) is 0 Å². The van der Waals surface area contributed by atoms with Crippen molar-refractivity contribution in [3.8, 4) is 0 Å². The van der Waals surface area contributed by atoms with Gasteiger partial charge in [0.25, 0.3) is 0 Å². The van der Waals surface area contributed by atoms with Crippen LogP contribution in [0, 0.1) is 5.82 Å². The molecular weight excluding hydrogens is 219 g/mol. The Hall–Kier alpha value is -0.970. The van der Waals surface area contributed by atoms with E-state index in [-0.39, 0.29) is 24.5 Å². The van der Waals surface area contributed by atoms with Gasteiger partial charge < -0.3 is 16.2 Å². The molecule has 0 saturated carbocycles. The van der Waals surface area contributed by atoms with E-state index in [2.05, 4.69) is 5.32 Å². The molecule has 17 heavy (non-hydrogen) atoms. The molecule has 0 spiro atoms. The summed E-state index contributed by atoms with van der Waals surface area (Å²) in [5, 5.41) is 12.1. The topological polar surface area (TPSA) is 58.3 Å². The van der Waals surface area contributed by atoms with Gasteiger partial charge in [-0.15, -0.1) is 0 Å². The first-order valence-corrected chi connectivity index (χ1v) is 5.99. The molecule has 2 unspecified atom stereocenters. The van der Waals surface area contributed by atoms with Gasteiger partial charge in [-0.3, -0.25) is 0 Å². The van der Waals surface area contributed by atoms with Crippen LogP contribution in [0.1, 0.15) is 31.4 Å². The van der Waals surface area contributed by atoms with Crippen molar-refractivity contribution in [3.63, 3.8) is 0 Å². The monoisotopic (exact) mass is 240 g/mol. The molecule has 0 saturated heterocycles. The van der Waals surface area contributed by atoms with E-state index in [9.17, 15) is 4.39 Å². The third kappa shape index (κ3) is 4.81. The van der Waals surface area contributed by atoms with Crippen molar-refractivity contribution in [2.24, 2.45) is 5.73 Å². The summed E-state index contributed by atoms with van der Waals surface area (Å²) in [6.07, 6.45) is 1.64. The maximum atomic E-state index is 13.1. The summed E-state index contributed by atoms with van der Waals surface area (Å²) in [7, 11) is 0. The number of rotatable bonds is 7. The fraction of sp³-hybridized carbons (Fsp3) is 0.538. The lowest BCUT2D eigenvalue weighted by molar-refractivity contribution is 0.274. The summed E-state index contributed by atoms with van der Waals surface area (Å²) in [6.45, 7) is 2.66. The van der Waals surface area contributed by atoms with Crippen molar-refractivity contribution in [1.29, 1.82) is 0 Å². The number of nitrogens with one attached hydrogen (secondary N) is 1. The highest BCUT2D eigenvalue weighted by Gasteiger charge is 2.12. The Morgan fingerprint density at radius 2 is 2.24 bits per heavy atom. The highest BCUT2D eigenvalue weighted by Crippen LogP contribution is 2.14. The third-order valence-corrected chi connectivity index (χ3v) is 2.77. The van der Waals surface area contributed by atoms with E-state index in [1.807, 2.05) is 13.0 Å². The van der Waals surface area contributed by atoms with E-state index in [0.717, 1.165) is 18.4 Å². The van der Waals surface area contributed by atoms with Crippen molar-refractivity contribution in [1.82, 2.24) is 5.32 Å². The van der Waals surface area contributed by atoms with Gasteiger partial charge in [0.05, 0.1) is 0 Å². The molecule has 0 aliphatic heterocycles. The van der Waals surface area contributed by atoms with E-state index in [4.69, 9.17) is 10.8 Å². The van der Waals surface area contributed by atoms with Crippen LogP contribution < -0.4 is 11.1 Å². The Morgan fingerprint density at radius 3 is 2.82 bits per heavy atom. The third-order valence-electron chi connectivity index (χ3n) is 2.77. The molecule has 1 aromatic rings. The molecule has 0 aliphatic rings. The largest absolute Gasteiger partial charge is 0.396 e. The van der Waals surface area contributed by atoms with E-state index in [0.29, 0.717) is 6.54 Å². The first kappa shape index (κ1) is 14.1. The number of halogens is 1. The molecule has 3 nitrogen and oxygen atoms in total. The standard InChI is InChI=1S/C13H21FN2O/c1-10(4-3-7-17)16-13(9-15)11-5-2-6-12(14)8-11/h2,5-6,8,10,13,16-17H,3-4,7,9,15H2,1H3. The van der Waals surface area contributed by atoms with Gasteiger partial charge >= 0.3 is 0 Å². The molecule has 0 amide bonds. The van der Waals surface area contributed by atoms with Crippen LogP contribution in [-0.4, -0.2) is 24.3 Å². The van der Waals surface area contributed by atoms with Crippen molar-refractivity contribution in [2.45, 2.75) is 31.8 Å². The van der Waals surface area contributed by atoms with Crippen LogP contribution in [0.4, 0.5) is 4.39 Å². The predicted molar refractivity (Wildman–Crippen MR) is 67.1 cm³/mol. The summed E-state index contributed by atoms with van der Waals surface area (Å²) in [5.74, 6) is -0.245. The van der Waals surface area contributed by atoms with Crippen molar-refractivity contribution in [3.05, 3.63) is 35.6 Å². The van der Waals surface area contributed by atoms with E-state index < -0.39 is 0 Å². The zero-order valence-corrected chi connectivity index (χ0v) is 10.2. The second-order valence-electron chi connectivity index (χ2n) is 4.28. The van der Waals surface area contributed by atoms with Gasteiger partial charge in [0.15, 0.2) is 0 Å². The second-order valence-corrected chi connectivity index (χ2v) is 4.28. The molecule has 0 aliphatic carbocycles. The van der Waals surface area contributed by atoms with Crippen molar-refractivity contribution < 1.29 is 9.50 Å². The molecule has 1 aromatic carbocycles. The minimum atomic E-state index is -0.245. The van der Waals surface area contributed by atoms with Crippen molar-refractivity contribution >= 4 is 0 Å². The summed E-state index contributed by atoms with van der Waals surface area (Å²) < 4.78 is 13.1. The molecular formula is C13H21FN2O. The summed E-state index contributed by atoms with van der Waals surface area (Å²) in [6, 6.07) is 6.69. The first-order valence-electron chi connectivity index (χ1n) is 5.99. The Balaban J connectivity index is 2.59. The van der Waals surface area contributed by atoms with Gasteiger partial charge in [-0.05, 0) is 37.5 Å². The van der Waals surface area contributed by atoms with Gasteiger partial charge in [0, 0.05) is 25.2 Å². The zero-order chi connectivity index (χ0) is 12.7. The van der Waals surface area contributed by atoms with Crippen LogP contribution in [0.3, 0.4) is 0 Å². The summed E-state index contributed by atoms with van der Waals surface area (Å²) in [4.78, 5) is 0. The Morgan fingerprint density at radius 1 is 1.47 bits per heavy atom. The van der Waals surface area contributed by atoms with Crippen LogP contribution in [-0.2, 0) is 0 Å². The molecule has 2 atom stereocenters. The van der Waals surface area contributed by atoms with Crippen LogP contribution in [0.5, 0.6) is 0 Å². The number of aliphatic hydroxyl groups is 1. The van der Waals surface area contributed by atoms with Gasteiger partial charge in [-0.1, -0.05) is 12.1 Å². The minimum Gasteiger partial charge on any atom is -0.396 e. The lowest BCUT2D eigenvalue weighted by Gasteiger charge is -2.22. The molecule has 0 aromatic heterocycles. The van der Waals surface area contributed by atoms with Crippen LogP contribution in [0.25, 0.3) is 0 Å². The van der Waals surface area contributed by atoms with Crippen LogP contribution in [0.15, 0.2) is 24.3 Å². The summed E-state index contributed by atoms with van der Waals surface area (Å²) >= 11 is 0. The minimum absolute atomic E-state index is 0.0422. The Labute approximate surface area is 102 Å². The smallest absolute Gasteiger partial charge is 0.123 e. The molecule has 0 heterocycles. The summed E-state index contributed by atoms with van der Waals surface area (Å²) in [5.41, 5.74) is 6.56. The maximum Gasteiger partial charge on any atom is 0.123 e. The molecule has 0 fully saturated rings. The Bertz CT molecular complexity index is 333. The van der Waals surface area contributed by atoms with Crippen molar-refractivity contribution in [2.75, 3.05) is 13.2 Å². The van der Waals surface area contributed by atoms with E-state index >= 15 is 0 Å². The zero-order valence-electron chi connectivity index (χ0n) is 10.2. The van der Waals surface area contributed by atoms with Gasteiger partial charge in [-0.2, -0.15) is 0 Å². The van der Waals surface area contributed by atoms with Gasteiger partial charge in [0.1, 0.15) is 5.82 Å². The number of benzene rings is 1. The highest BCUT2D eigenvalue weighted by molar-refractivity contribution is 5.20. The van der Waals surface area contributed by atoms with Crippen LogP contribution >= 0.6 is 0 Å². The first-order chi connectivity index (χ1) is 8.17. The average Bonchev–Trinajstić information content (AvgIpc) is 2.33. The Kier molecular flexibility index (Phi) is 6.11. The number of hydrogen-bond donors (Lipinski definition) is 3. The SMILES string of the molecule is CC(CCCO)NC(CN)c1cccc(F)c1. The average molecular weight is 240 g/mol. The highest BCUT2D eigenvalue weighted by atomic mass is 19.1.